The van der Waals surface area contributed by atoms with Gasteiger partial charge in [-0.05, 0) is 16.7 Å². The van der Waals surface area contributed by atoms with E-state index in [1.165, 1.54) is 11.6 Å². The molecule has 3 rings (SSSR count). The van der Waals surface area contributed by atoms with Gasteiger partial charge in [0.15, 0.2) is 0 Å². The van der Waals surface area contributed by atoms with E-state index in [1.54, 1.807) is 6.08 Å². The van der Waals surface area contributed by atoms with Gasteiger partial charge in [0, 0.05) is 6.54 Å². The lowest BCUT2D eigenvalue weighted by atomic mass is 9.94. The zero-order valence-corrected chi connectivity index (χ0v) is 12.7. The minimum Gasteiger partial charge on any atom is -0.388 e. The van der Waals surface area contributed by atoms with E-state index < -0.39 is 18.3 Å². The topological polar surface area (TPSA) is 72.7 Å². The molecule has 0 unspecified atom stereocenters. The molecule has 0 radical (unpaired) electrons. The molecule has 0 aromatic heterocycles. The molecule has 0 fully saturated rings. The van der Waals surface area contributed by atoms with Crippen molar-refractivity contribution in [3.8, 4) is 11.1 Å². The molecule has 4 N–H and O–H groups in total. The van der Waals surface area contributed by atoms with Crippen LogP contribution in [0.15, 0.2) is 66.7 Å². The fourth-order valence-electron chi connectivity index (χ4n) is 2.75. The van der Waals surface area contributed by atoms with Crippen LogP contribution in [0.1, 0.15) is 5.56 Å². The molecular formula is C19H21NO3. The van der Waals surface area contributed by atoms with Crippen molar-refractivity contribution < 1.29 is 15.3 Å². The van der Waals surface area contributed by atoms with Crippen LogP contribution in [0, 0.1) is 0 Å². The lowest BCUT2D eigenvalue weighted by Gasteiger charge is -2.31. The summed E-state index contributed by atoms with van der Waals surface area (Å²) in [6, 6.07) is 18.0. The zero-order valence-electron chi connectivity index (χ0n) is 12.7. The molecule has 0 saturated heterocycles. The largest absolute Gasteiger partial charge is 0.388 e. The van der Waals surface area contributed by atoms with E-state index >= 15 is 0 Å². The average molecular weight is 311 g/mol. The van der Waals surface area contributed by atoms with E-state index in [-0.39, 0.29) is 6.04 Å². The quantitative estimate of drug-likeness (QED) is 0.645. The molecule has 0 bridgehead atoms. The summed E-state index contributed by atoms with van der Waals surface area (Å²) in [5.74, 6) is 0. The Bertz CT molecular complexity index is 654. The normalized spacial score (nSPS) is 27.1. The van der Waals surface area contributed by atoms with Crippen molar-refractivity contribution in [3.05, 3.63) is 72.3 Å². The number of hydrogen-bond donors (Lipinski definition) is 4. The Morgan fingerprint density at radius 3 is 2.09 bits per heavy atom. The summed E-state index contributed by atoms with van der Waals surface area (Å²) >= 11 is 0. The van der Waals surface area contributed by atoms with Gasteiger partial charge in [0.25, 0.3) is 0 Å². The van der Waals surface area contributed by atoms with Crippen LogP contribution in [-0.4, -0.2) is 39.7 Å². The summed E-state index contributed by atoms with van der Waals surface area (Å²) in [4.78, 5) is 0. The van der Waals surface area contributed by atoms with Crippen molar-refractivity contribution >= 4 is 0 Å². The van der Waals surface area contributed by atoms with Crippen LogP contribution in [0.3, 0.4) is 0 Å². The first-order chi connectivity index (χ1) is 11.1. The molecule has 0 saturated carbocycles. The van der Waals surface area contributed by atoms with Gasteiger partial charge in [-0.25, -0.2) is 0 Å². The van der Waals surface area contributed by atoms with Gasteiger partial charge < -0.3 is 20.6 Å². The van der Waals surface area contributed by atoms with Gasteiger partial charge >= 0.3 is 0 Å². The van der Waals surface area contributed by atoms with Gasteiger partial charge in [-0.15, -0.1) is 0 Å². The minimum absolute atomic E-state index is 0.373. The van der Waals surface area contributed by atoms with Crippen molar-refractivity contribution in [2.45, 2.75) is 30.9 Å². The standard InChI is InChI=1S/C19H21NO3/c21-17-11-10-16(18(22)19(17)23)20-12-13-6-8-15(9-7-13)14-4-2-1-3-5-14/h1-11,16-23H,12H2/t16-,17-,18+,19+/m1/s1. The summed E-state index contributed by atoms with van der Waals surface area (Å²) in [6.07, 6.45) is 0.0262. The summed E-state index contributed by atoms with van der Waals surface area (Å²) in [7, 11) is 0. The van der Waals surface area contributed by atoms with Gasteiger partial charge in [-0.3, -0.25) is 0 Å². The molecule has 1 aliphatic carbocycles. The molecule has 0 aliphatic heterocycles. The molecule has 0 spiro atoms. The second kappa shape index (κ2) is 7.06. The number of nitrogens with one attached hydrogen (secondary N) is 1. The fraction of sp³-hybridized carbons (Fsp3) is 0.263. The van der Waals surface area contributed by atoms with Crippen LogP contribution in [0.5, 0.6) is 0 Å². The lowest BCUT2D eigenvalue weighted by Crippen LogP contribution is -2.51. The van der Waals surface area contributed by atoms with Crippen LogP contribution in [0.25, 0.3) is 11.1 Å². The summed E-state index contributed by atoms with van der Waals surface area (Å²) in [6.45, 7) is 0.573. The summed E-state index contributed by atoms with van der Waals surface area (Å²) < 4.78 is 0. The number of hydrogen-bond acceptors (Lipinski definition) is 4. The smallest absolute Gasteiger partial charge is 0.111 e. The van der Waals surface area contributed by atoms with Crippen molar-refractivity contribution in [3.63, 3.8) is 0 Å². The number of benzene rings is 2. The zero-order chi connectivity index (χ0) is 16.2. The summed E-state index contributed by atoms with van der Waals surface area (Å²) in [5.41, 5.74) is 3.42. The van der Waals surface area contributed by atoms with Gasteiger partial charge in [0.2, 0.25) is 0 Å². The molecule has 4 nitrogen and oxygen atoms in total. The van der Waals surface area contributed by atoms with E-state index in [0.29, 0.717) is 6.54 Å². The van der Waals surface area contributed by atoms with Crippen molar-refractivity contribution in [1.29, 1.82) is 0 Å². The molecular weight excluding hydrogens is 290 g/mol. The predicted molar refractivity (Wildman–Crippen MR) is 89.7 cm³/mol. The Morgan fingerprint density at radius 1 is 0.739 bits per heavy atom. The van der Waals surface area contributed by atoms with Gasteiger partial charge in [0.1, 0.15) is 18.3 Å². The van der Waals surface area contributed by atoms with E-state index in [4.69, 9.17) is 0 Å². The predicted octanol–water partition coefficient (Wildman–Crippen LogP) is 1.46. The molecule has 2 aromatic carbocycles. The third kappa shape index (κ3) is 3.68. The van der Waals surface area contributed by atoms with Crippen LogP contribution in [0.4, 0.5) is 0 Å². The first-order valence-corrected chi connectivity index (χ1v) is 7.75. The molecule has 23 heavy (non-hydrogen) atoms. The maximum atomic E-state index is 9.95. The number of aliphatic hydroxyl groups is 3. The molecule has 4 heteroatoms. The first-order valence-electron chi connectivity index (χ1n) is 7.75. The Kier molecular flexibility index (Phi) is 4.88. The Hall–Kier alpha value is -1.98. The lowest BCUT2D eigenvalue weighted by molar-refractivity contribution is -0.0567. The number of aliphatic hydroxyl groups excluding tert-OH is 3. The second-order valence-corrected chi connectivity index (χ2v) is 5.83. The monoisotopic (exact) mass is 311 g/mol. The highest BCUT2D eigenvalue weighted by Crippen LogP contribution is 2.19. The van der Waals surface area contributed by atoms with Crippen LogP contribution >= 0.6 is 0 Å². The highest BCUT2D eigenvalue weighted by atomic mass is 16.4. The van der Waals surface area contributed by atoms with Crippen molar-refractivity contribution in [2.75, 3.05) is 0 Å². The third-order valence-corrected chi connectivity index (χ3v) is 4.19. The van der Waals surface area contributed by atoms with Crippen molar-refractivity contribution in [1.82, 2.24) is 5.32 Å². The SMILES string of the molecule is O[C@@H]1[C@@H](O)[C@H](NCc2ccc(-c3ccccc3)cc2)C=C[C@H]1O. The Balaban J connectivity index is 1.62. The van der Waals surface area contributed by atoms with E-state index in [9.17, 15) is 15.3 Å². The minimum atomic E-state index is -1.15. The summed E-state index contributed by atoms with van der Waals surface area (Å²) in [5, 5.41) is 32.3. The highest BCUT2D eigenvalue weighted by Gasteiger charge is 2.32. The maximum Gasteiger partial charge on any atom is 0.111 e. The second-order valence-electron chi connectivity index (χ2n) is 5.83. The van der Waals surface area contributed by atoms with Gasteiger partial charge in [-0.2, -0.15) is 0 Å². The first kappa shape index (κ1) is 15.9. The van der Waals surface area contributed by atoms with Gasteiger partial charge in [-0.1, -0.05) is 66.7 Å². The third-order valence-electron chi connectivity index (χ3n) is 4.19. The average Bonchev–Trinajstić information content (AvgIpc) is 2.60. The molecule has 120 valence electrons. The van der Waals surface area contributed by atoms with Gasteiger partial charge in [0.05, 0.1) is 6.04 Å². The molecule has 0 heterocycles. The Morgan fingerprint density at radius 2 is 1.39 bits per heavy atom. The number of rotatable bonds is 4. The Labute approximate surface area is 135 Å². The molecule has 4 atom stereocenters. The molecule has 2 aromatic rings. The molecule has 0 amide bonds. The van der Waals surface area contributed by atoms with E-state index in [0.717, 1.165) is 11.1 Å². The maximum absolute atomic E-state index is 9.95. The van der Waals surface area contributed by atoms with Crippen LogP contribution < -0.4 is 5.32 Å². The molecule has 1 aliphatic rings. The fourth-order valence-corrected chi connectivity index (χ4v) is 2.75. The van der Waals surface area contributed by atoms with Crippen molar-refractivity contribution in [2.24, 2.45) is 0 Å². The highest BCUT2D eigenvalue weighted by molar-refractivity contribution is 5.63. The van der Waals surface area contributed by atoms with Crippen LogP contribution in [-0.2, 0) is 6.54 Å². The van der Waals surface area contributed by atoms with Crippen LogP contribution in [0.2, 0.25) is 0 Å². The van der Waals surface area contributed by atoms with E-state index in [1.807, 2.05) is 30.3 Å². The van der Waals surface area contributed by atoms with E-state index in [2.05, 4.69) is 29.6 Å².